The number of methoxy groups -OCH3 is 1. The Morgan fingerprint density at radius 1 is 1.09 bits per heavy atom. The van der Waals surface area contributed by atoms with Crippen molar-refractivity contribution in [3.8, 4) is 11.1 Å². The Kier molecular flexibility index (Phi) is 14.0. The molecule has 1 saturated carbocycles. The minimum atomic E-state index is -3.35. The van der Waals surface area contributed by atoms with Crippen LogP contribution < -0.4 is 5.32 Å². The highest BCUT2D eigenvalue weighted by Crippen LogP contribution is 2.30. The van der Waals surface area contributed by atoms with Crippen LogP contribution in [0.15, 0.2) is 42.5 Å². The Bertz CT molecular complexity index is 1310. The van der Waals surface area contributed by atoms with E-state index >= 15 is 0 Å². The number of hydrogen-bond donors (Lipinski definition) is 2. The topological polar surface area (TPSA) is 113 Å². The largest absolute Gasteiger partial charge is 0.480 e. The van der Waals surface area contributed by atoms with Crippen molar-refractivity contribution >= 4 is 33.5 Å². The molecule has 0 radical (unpaired) electrons. The van der Waals surface area contributed by atoms with Gasteiger partial charge in [-0.15, -0.1) is 0 Å². The number of nitrogens with one attached hydrogen (secondary N) is 1. The van der Waals surface area contributed by atoms with E-state index in [1.807, 2.05) is 55.1 Å². The molecule has 2 fully saturated rings. The van der Waals surface area contributed by atoms with Crippen LogP contribution in [0.5, 0.6) is 0 Å². The van der Waals surface area contributed by atoms with Gasteiger partial charge >= 0.3 is 5.97 Å². The summed E-state index contributed by atoms with van der Waals surface area (Å²) in [6, 6.07) is 12.1. The van der Waals surface area contributed by atoms with Gasteiger partial charge in [-0.05, 0) is 85.7 Å². The van der Waals surface area contributed by atoms with Gasteiger partial charge in [-0.3, -0.25) is 9.69 Å². The molecular weight excluding hydrogens is 585 g/mol. The van der Waals surface area contributed by atoms with Crippen LogP contribution in [0, 0.1) is 12.8 Å². The maximum absolute atomic E-state index is 13.2. The van der Waals surface area contributed by atoms with E-state index in [2.05, 4.69) is 16.5 Å². The maximum Gasteiger partial charge on any atom is 0.326 e. The summed E-state index contributed by atoms with van der Waals surface area (Å²) < 4.78 is 28.1. The minimum absolute atomic E-state index is 0.191. The highest BCUT2D eigenvalue weighted by molar-refractivity contribution is 7.99. The molecule has 2 aliphatic rings. The van der Waals surface area contributed by atoms with Crippen LogP contribution in [-0.2, 0) is 25.9 Å². The molecule has 43 heavy (non-hydrogen) atoms. The fraction of sp³-hybridized carbons (Fsp3) is 0.576. The van der Waals surface area contributed by atoms with E-state index in [-0.39, 0.29) is 12.2 Å². The molecule has 1 aliphatic heterocycles. The van der Waals surface area contributed by atoms with Gasteiger partial charge in [0.15, 0.2) is 0 Å². The molecule has 8 nitrogen and oxygen atoms in total. The second kappa shape index (κ2) is 17.2. The Labute approximate surface area is 261 Å². The molecular formula is C33H48N2O6S2. The Morgan fingerprint density at radius 2 is 1.81 bits per heavy atom. The van der Waals surface area contributed by atoms with E-state index in [9.17, 15) is 23.1 Å². The fourth-order valence-electron chi connectivity index (χ4n) is 5.79. The SMILES string of the molecule is COCC1CCCCC1.CSC1CCN(Cc2ccc(C(=O)NC(CCS(C)(=O)=O)C(=O)O)c(-c3ccccc3C)c2)C1. The van der Waals surface area contributed by atoms with Crippen LogP contribution in [0.3, 0.4) is 0 Å². The van der Waals surface area contributed by atoms with Crippen LogP contribution in [-0.4, -0.2) is 86.7 Å². The highest BCUT2D eigenvalue weighted by atomic mass is 32.2. The Hall–Kier alpha value is -2.40. The molecule has 0 spiro atoms. The first-order chi connectivity index (χ1) is 20.5. The molecule has 2 aromatic carbocycles. The average molecular weight is 633 g/mol. The number of nitrogens with zero attached hydrogens (tertiary/aromatic N) is 1. The van der Waals surface area contributed by atoms with Gasteiger partial charge in [0.2, 0.25) is 0 Å². The van der Waals surface area contributed by atoms with Gasteiger partial charge in [0.05, 0.1) is 5.75 Å². The third-order valence-corrected chi connectivity index (χ3v) is 10.3. The number of likely N-dealkylation sites (tertiary alicyclic amines) is 1. The summed E-state index contributed by atoms with van der Waals surface area (Å²) in [7, 11) is -1.55. The van der Waals surface area contributed by atoms with Gasteiger partial charge in [0, 0.05) is 43.9 Å². The molecule has 1 heterocycles. The van der Waals surface area contributed by atoms with Crippen molar-refractivity contribution in [3.05, 3.63) is 59.2 Å². The number of sulfone groups is 1. The molecule has 1 aliphatic carbocycles. The first-order valence-electron chi connectivity index (χ1n) is 15.1. The lowest BCUT2D eigenvalue weighted by Gasteiger charge is -2.20. The van der Waals surface area contributed by atoms with Crippen LogP contribution in [0.4, 0.5) is 0 Å². The zero-order chi connectivity index (χ0) is 31.4. The summed E-state index contributed by atoms with van der Waals surface area (Å²) in [6.07, 6.45) is 11.2. The van der Waals surface area contributed by atoms with Crippen LogP contribution in [0.2, 0.25) is 0 Å². The number of carboxylic acid groups (broad SMARTS) is 1. The predicted octanol–water partition coefficient (Wildman–Crippen LogP) is 5.43. The number of amides is 1. The molecule has 1 saturated heterocycles. The molecule has 2 N–H and O–H groups in total. The van der Waals surface area contributed by atoms with Crippen molar-refractivity contribution in [3.63, 3.8) is 0 Å². The maximum atomic E-state index is 13.2. The summed E-state index contributed by atoms with van der Waals surface area (Å²) in [5, 5.41) is 12.7. The first kappa shape index (κ1) is 35.1. The molecule has 2 unspecified atom stereocenters. The smallest absolute Gasteiger partial charge is 0.326 e. The zero-order valence-electron chi connectivity index (χ0n) is 26.0. The van der Waals surface area contributed by atoms with Gasteiger partial charge in [-0.1, -0.05) is 49.6 Å². The number of thioether (sulfide) groups is 1. The van der Waals surface area contributed by atoms with E-state index < -0.39 is 27.8 Å². The Morgan fingerprint density at radius 3 is 2.42 bits per heavy atom. The standard InChI is InChI=1S/C25H32N2O5S2.C8H16O/c1-17-6-4-5-7-20(17)22-14-18(15-27-12-10-19(16-27)33-2)8-9-21(22)24(28)26-23(25(29)30)11-13-34(3,31)32;1-9-7-8-5-3-2-4-6-8/h4-9,14,19,23H,10-13,15-16H2,1-3H3,(H,26,28)(H,29,30);8H,2-7H2,1H3. The quantitative estimate of drug-likeness (QED) is 0.319. The number of hydrogen-bond acceptors (Lipinski definition) is 7. The van der Waals surface area contributed by atoms with Gasteiger partial charge in [-0.25, -0.2) is 13.2 Å². The predicted molar refractivity (Wildman–Crippen MR) is 175 cm³/mol. The van der Waals surface area contributed by atoms with Crippen molar-refractivity contribution in [2.75, 3.05) is 45.1 Å². The number of aliphatic carboxylic acids is 1. The van der Waals surface area contributed by atoms with E-state index in [4.69, 9.17) is 4.74 Å². The van der Waals surface area contributed by atoms with E-state index in [0.29, 0.717) is 10.8 Å². The monoisotopic (exact) mass is 632 g/mol. The summed E-state index contributed by atoms with van der Waals surface area (Å²) in [6.45, 7) is 5.81. The van der Waals surface area contributed by atoms with Crippen molar-refractivity contribution in [2.24, 2.45) is 5.92 Å². The van der Waals surface area contributed by atoms with Crippen LogP contribution >= 0.6 is 11.8 Å². The average Bonchev–Trinajstić information content (AvgIpc) is 3.43. The number of carboxylic acids is 1. The van der Waals surface area contributed by atoms with E-state index in [1.54, 1.807) is 13.2 Å². The number of rotatable bonds is 12. The van der Waals surface area contributed by atoms with Crippen molar-refractivity contribution in [1.82, 2.24) is 10.2 Å². The molecule has 0 bridgehead atoms. The minimum Gasteiger partial charge on any atom is -0.480 e. The molecule has 2 aromatic rings. The molecule has 238 valence electrons. The second-order valence-electron chi connectivity index (χ2n) is 11.8. The first-order valence-corrected chi connectivity index (χ1v) is 18.5. The van der Waals surface area contributed by atoms with Gasteiger partial charge in [0.25, 0.3) is 5.91 Å². The van der Waals surface area contributed by atoms with Crippen LogP contribution in [0.1, 0.15) is 66.4 Å². The van der Waals surface area contributed by atoms with Crippen LogP contribution in [0.25, 0.3) is 11.1 Å². The lowest BCUT2D eigenvalue weighted by Crippen LogP contribution is -2.42. The molecule has 0 aromatic heterocycles. The summed E-state index contributed by atoms with van der Waals surface area (Å²) in [5.41, 5.74) is 4.10. The normalized spacial score (nSPS) is 18.5. The summed E-state index contributed by atoms with van der Waals surface area (Å²) in [4.78, 5) is 27.3. The van der Waals surface area contributed by atoms with Crippen molar-refractivity contribution in [2.45, 2.75) is 69.7 Å². The lowest BCUT2D eigenvalue weighted by atomic mass is 9.90. The second-order valence-corrected chi connectivity index (χ2v) is 15.2. The van der Waals surface area contributed by atoms with Gasteiger partial charge < -0.3 is 15.2 Å². The van der Waals surface area contributed by atoms with E-state index in [1.165, 1.54) is 32.1 Å². The number of benzene rings is 2. The third-order valence-electron chi connectivity index (χ3n) is 8.24. The fourth-order valence-corrected chi connectivity index (χ4v) is 7.16. The lowest BCUT2D eigenvalue weighted by molar-refractivity contribution is -0.139. The molecule has 10 heteroatoms. The molecule has 1 amide bonds. The third kappa shape index (κ3) is 11.6. The summed E-state index contributed by atoms with van der Waals surface area (Å²) >= 11 is 1.89. The molecule has 4 rings (SSSR count). The van der Waals surface area contributed by atoms with Crippen molar-refractivity contribution < 1.29 is 27.9 Å². The number of ether oxygens (including phenoxy) is 1. The number of carbonyl (C=O) groups excluding carboxylic acids is 1. The highest BCUT2D eigenvalue weighted by Gasteiger charge is 2.25. The van der Waals surface area contributed by atoms with E-state index in [0.717, 1.165) is 67.1 Å². The summed E-state index contributed by atoms with van der Waals surface area (Å²) in [5.74, 6) is -1.23. The Balaban J connectivity index is 0.000000480. The number of aryl methyl sites for hydroxylation is 1. The van der Waals surface area contributed by atoms with Gasteiger partial charge in [0.1, 0.15) is 15.9 Å². The number of carbonyl (C=O) groups is 2. The van der Waals surface area contributed by atoms with Gasteiger partial charge in [-0.2, -0.15) is 11.8 Å². The van der Waals surface area contributed by atoms with Crippen molar-refractivity contribution in [1.29, 1.82) is 0 Å². The zero-order valence-corrected chi connectivity index (χ0v) is 27.6. The molecule has 2 atom stereocenters.